The molecule has 0 bridgehead atoms. The molecule has 0 unspecified atom stereocenters. The summed E-state index contributed by atoms with van der Waals surface area (Å²) in [5.41, 5.74) is 5.56. The summed E-state index contributed by atoms with van der Waals surface area (Å²) in [4.78, 5) is 4.53. The molecule has 0 radical (unpaired) electrons. The highest BCUT2D eigenvalue weighted by Crippen LogP contribution is 2.27. The number of ether oxygens (including phenoxy) is 1. The number of halogens is 1. The van der Waals surface area contributed by atoms with Crippen LogP contribution in [-0.2, 0) is 0 Å². The van der Waals surface area contributed by atoms with Crippen LogP contribution in [0.2, 0.25) is 0 Å². The molecule has 0 fully saturated rings. The lowest BCUT2D eigenvalue weighted by molar-refractivity contribution is 0.273. The van der Waals surface area contributed by atoms with Gasteiger partial charge in [0.05, 0.1) is 0 Å². The van der Waals surface area contributed by atoms with Crippen molar-refractivity contribution in [2.75, 3.05) is 25.6 Å². The highest BCUT2D eigenvalue weighted by Gasteiger charge is 2.09. The lowest BCUT2D eigenvalue weighted by atomic mass is 10.1. The third-order valence-electron chi connectivity index (χ3n) is 4.53. The van der Waals surface area contributed by atoms with E-state index in [0.717, 1.165) is 22.4 Å². The van der Waals surface area contributed by atoms with E-state index < -0.39 is 6.67 Å². The Bertz CT molecular complexity index is 1120. The van der Waals surface area contributed by atoms with Gasteiger partial charge in [0.1, 0.15) is 24.5 Å². The number of alkyl halides is 1. The van der Waals surface area contributed by atoms with Gasteiger partial charge in [-0.05, 0) is 47.5 Å². The standard InChI is InChI=1S/C24H21FN2O2/c1-26-20-10-6-18(7-11-20)3-2-17-4-8-19(9-5-17)24-27-22-16-21(28-15-14-25)12-13-23(22)29-24/h2-13,16,26H,14-15H2,1H3/b3-2+. The predicted molar refractivity (Wildman–Crippen MR) is 116 cm³/mol. The minimum atomic E-state index is -0.524. The van der Waals surface area contributed by atoms with Gasteiger partial charge in [0, 0.05) is 24.4 Å². The summed E-state index contributed by atoms with van der Waals surface area (Å²) in [7, 11) is 1.91. The van der Waals surface area contributed by atoms with Crippen LogP contribution in [-0.4, -0.2) is 25.3 Å². The zero-order valence-electron chi connectivity index (χ0n) is 16.1. The average Bonchev–Trinajstić information content (AvgIpc) is 3.20. The number of oxazole rings is 1. The van der Waals surface area contributed by atoms with Gasteiger partial charge in [0.25, 0.3) is 0 Å². The van der Waals surface area contributed by atoms with Crippen molar-refractivity contribution in [3.63, 3.8) is 0 Å². The summed E-state index contributed by atoms with van der Waals surface area (Å²) in [5.74, 6) is 1.12. The van der Waals surface area contributed by atoms with Gasteiger partial charge in [-0.15, -0.1) is 0 Å². The molecule has 0 aliphatic rings. The molecule has 0 atom stereocenters. The molecule has 0 aliphatic carbocycles. The lowest BCUT2D eigenvalue weighted by Crippen LogP contribution is -1.98. The Morgan fingerprint density at radius 1 is 0.966 bits per heavy atom. The molecular weight excluding hydrogens is 367 g/mol. The number of nitrogens with one attached hydrogen (secondary N) is 1. The number of rotatable bonds is 7. The second-order valence-electron chi connectivity index (χ2n) is 6.51. The van der Waals surface area contributed by atoms with E-state index in [0.29, 0.717) is 22.7 Å². The van der Waals surface area contributed by atoms with Crippen molar-refractivity contribution in [1.82, 2.24) is 4.98 Å². The third-order valence-corrected chi connectivity index (χ3v) is 4.53. The SMILES string of the molecule is CNc1ccc(/C=C/c2ccc(-c3nc4cc(OCCF)ccc4o3)cc2)cc1. The predicted octanol–water partition coefficient (Wildman–Crippen LogP) is 6.06. The van der Waals surface area contributed by atoms with Gasteiger partial charge in [-0.2, -0.15) is 0 Å². The second kappa shape index (κ2) is 8.61. The summed E-state index contributed by atoms with van der Waals surface area (Å²) in [6.07, 6.45) is 4.14. The maximum atomic E-state index is 12.3. The molecule has 1 aromatic heterocycles. The van der Waals surface area contributed by atoms with Crippen molar-refractivity contribution < 1.29 is 13.5 Å². The Morgan fingerprint density at radius 2 is 1.66 bits per heavy atom. The highest BCUT2D eigenvalue weighted by atomic mass is 19.1. The first-order chi connectivity index (χ1) is 14.2. The smallest absolute Gasteiger partial charge is 0.227 e. The van der Waals surface area contributed by atoms with Crippen LogP contribution in [0.25, 0.3) is 34.7 Å². The summed E-state index contributed by atoms with van der Waals surface area (Å²) < 4.78 is 23.4. The first-order valence-electron chi connectivity index (χ1n) is 9.41. The number of nitrogens with zero attached hydrogens (tertiary/aromatic N) is 1. The minimum Gasteiger partial charge on any atom is -0.491 e. The molecule has 3 aromatic carbocycles. The molecule has 4 aromatic rings. The Kier molecular flexibility index (Phi) is 5.56. The maximum absolute atomic E-state index is 12.3. The van der Waals surface area contributed by atoms with Gasteiger partial charge in [-0.1, -0.05) is 36.4 Å². The van der Waals surface area contributed by atoms with Crippen LogP contribution in [0.5, 0.6) is 5.75 Å². The lowest BCUT2D eigenvalue weighted by Gasteiger charge is -2.01. The number of hydrogen-bond donors (Lipinski definition) is 1. The van der Waals surface area contributed by atoms with Crippen LogP contribution in [0.3, 0.4) is 0 Å². The normalized spacial score (nSPS) is 11.2. The first-order valence-corrected chi connectivity index (χ1v) is 9.41. The molecule has 5 heteroatoms. The first kappa shape index (κ1) is 18.7. The molecule has 0 amide bonds. The van der Waals surface area contributed by atoms with Crippen LogP contribution in [0.15, 0.2) is 71.1 Å². The van der Waals surface area contributed by atoms with E-state index in [9.17, 15) is 4.39 Å². The molecule has 0 aliphatic heterocycles. The molecule has 0 spiro atoms. The van der Waals surface area contributed by atoms with E-state index in [1.807, 2.05) is 43.4 Å². The number of hydrogen-bond acceptors (Lipinski definition) is 4. The fraction of sp³-hybridized carbons (Fsp3) is 0.125. The molecule has 0 saturated carbocycles. The van der Waals surface area contributed by atoms with Gasteiger partial charge in [-0.25, -0.2) is 9.37 Å². The third kappa shape index (κ3) is 4.46. The van der Waals surface area contributed by atoms with Gasteiger partial charge >= 0.3 is 0 Å². The molecule has 146 valence electrons. The molecule has 29 heavy (non-hydrogen) atoms. The number of anilines is 1. The maximum Gasteiger partial charge on any atom is 0.227 e. The second-order valence-corrected chi connectivity index (χ2v) is 6.51. The topological polar surface area (TPSA) is 47.3 Å². The largest absolute Gasteiger partial charge is 0.491 e. The Morgan fingerprint density at radius 3 is 2.31 bits per heavy atom. The van der Waals surface area contributed by atoms with E-state index in [1.165, 1.54) is 0 Å². The van der Waals surface area contributed by atoms with E-state index in [1.54, 1.807) is 18.2 Å². The van der Waals surface area contributed by atoms with Crippen LogP contribution in [0, 0.1) is 0 Å². The summed E-state index contributed by atoms with van der Waals surface area (Å²) >= 11 is 0. The summed E-state index contributed by atoms with van der Waals surface area (Å²) in [6.45, 7) is -0.491. The van der Waals surface area contributed by atoms with E-state index in [2.05, 4.69) is 34.6 Å². The average molecular weight is 388 g/mol. The fourth-order valence-corrected chi connectivity index (χ4v) is 2.97. The molecule has 4 nitrogen and oxygen atoms in total. The monoisotopic (exact) mass is 388 g/mol. The van der Waals surface area contributed by atoms with Gasteiger partial charge in [-0.3, -0.25) is 0 Å². The zero-order valence-corrected chi connectivity index (χ0v) is 16.1. The van der Waals surface area contributed by atoms with Crippen molar-refractivity contribution >= 4 is 28.9 Å². The van der Waals surface area contributed by atoms with Crippen molar-refractivity contribution in [1.29, 1.82) is 0 Å². The Balaban J connectivity index is 1.50. The van der Waals surface area contributed by atoms with Gasteiger partial charge in [0.2, 0.25) is 5.89 Å². The van der Waals surface area contributed by atoms with Crippen molar-refractivity contribution in [3.05, 3.63) is 77.9 Å². The number of benzene rings is 3. The molecule has 4 rings (SSSR count). The molecule has 0 saturated heterocycles. The van der Waals surface area contributed by atoms with Crippen LogP contribution >= 0.6 is 0 Å². The van der Waals surface area contributed by atoms with Crippen LogP contribution in [0.1, 0.15) is 11.1 Å². The van der Waals surface area contributed by atoms with Gasteiger partial charge < -0.3 is 14.5 Å². The Labute approximate surface area is 168 Å². The quantitative estimate of drug-likeness (QED) is 0.391. The van der Waals surface area contributed by atoms with Gasteiger partial charge in [0.15, 0.2) is 5.58 Å². The summed E-state index contributed by atoms with van der Waals surface area (Å²) in [5, 5.41) is 3.11. The van der Waals surface area contributed by atoms with Crippen LogP contribution < -0.4 is 10.1 Å². The van der Waals surface area contributed by atoms with E-state index >= 15 is 0 Å². The fourth-order valence-electron chi connectivity index (χ4n) is 2.97. The Hall–Kier alpha value is -3.60. The minimum absolute atomic E-state index is 0.0326. The molecule has 1 heterocycles. The number of aromatic nitrogens is 1. The van der Waals surface area contributed by atoms with Crippen molar-refractivity contribution in [2.45, 2.75) is 0 Å². The van der Waals surface area contributed by atoms with Crippen molar-refractivity contribution in [2.24, 2.45) is 0 Å². The zero-order chi connectivity index (χ0) is 20.1. The summed E-state index contributed by atoms with van der Waals surface area (Å²) in [6, 6.07) is 21.5. The van der Waals surface area contributed by atoms with Crippen molar-refractivity contribution in [3.8, 4) is 17.2 Å². The molecular formula is C24H21FN2O2. The highest BCUT2D eigenvalue weighted by molar-refractivity contribution is 5.78. The molecule has 1 N–H and O–H groups in total. The number of fused-ring (bicyclic) bond motifs is 1. The van der Waals surface area contributed by atoms with E-state index in [-0.39, 0.29) is 6.61 Å². The van der Waals surface area contributed by atoms with Crippen LogP contribution in [0.4, 0.5) is 10.1 Å². The van der Waals surface area contributed by atoms with E-state index in [4.69, 9.17) is 9.15 Å².